The van der Waals surface area contributed by atoms with Crippen LogP contribution in [0.5, 0.6) is 0 Å². The van der Waals surface area contributed by atoms with Crippen LogP contribution in [0.4, 0.5) is 13.6 Å². The van der Waals surface area contributed by atoms with E-state index in [9.17, 15) is 13.6 Å². The summed E-state index contributed by atoms with van der Waals surface area (Å²) in [5.41, 5.74) is 1.59. The molecule has 1 rings (SSSR count). The van der Waals surface area contributed by atoms with Crippen molar-refractivity contribution in [2.24, 2.45) is 0 Å². The second-order valence-corrected chi connectivity index (χ2v) is 6.73. The molecule has 136 valence electrons. The summed E-state index contributed by atoms with van der Waals surface area (Å²) in [7, 11) is 0. The van der Waals surface area contributed by atoms with Crippen LogP contribution >= 0.6 is 0 Å². The fourth-order valence-corrected chi connectivity index (χ4v) is 2.16. The minimum atomic E-state index is -2.49. The number of hydrogen-bond donors (Lipinski definition) is 2. The van der Waals surface area contributed by atoms with E-state index in [2.05, 4.69) is 15.6 Å². The molecule has 1 atom stereocenters. The Morgan fingerprint density at radius 3 is 2.67 bits per heavy atom. The Bertz CT molecular complexity index is 519. The van der Waals surface area contributed by atoms with E-state index in [0.717, 1.165) is 17.5 Å². The summed E-state index contributed by atoms with van der Waals surface area (Å²) in [4.78, 5) is 15.8. The van der Waals surface area contributed by atoms with Crippen LogP contribution in [0.2, 0.25) is 0 Å². The quantitative estimate of drug-likeness (QED) is 0.712. The monoisotopic (exact) mass is 343 g/mol. The van der Waals surface area contributed by atoms with Gasteiger partial charge in [0.05, 0.1) is 6.04 Å². The van der Waals surface area contributed by atoms with Gasteiger partial charge in [-0.2, -0.15) is 0 Å². The molecule has 0 aliphatic rings. The molecule has 5 nitrogen and oxygen atoms in total. The molecule has 7 heteroatoms. The predicted molar refractivity (Wildman–Crippen MR) is 89.3 cm³/mol. The molecule has 0 saturated carbocycles. The van der Waals surface area contributed by atoms with Crippen molar-refractivity contribution in [3.63, 3.8) is 0 Å². The van der Waals surface area contributed by atoms with Gasteiger partial charge in [-0.3, -0.25) is 4.98 Å². The maximum absolute atomic E-state index is 12.7. The van der Waals surface area contributed by atoms with E-state index in [4.69, 9.17) is 4.74 Å². The standard InChI is InChI=1S/C17H27F2N3O2/c1-12-10-20-7-5-13(12)6-8-21-11-14(9-15(18)19)22-16(23)24-17(2,3)4/h5,7,10,14-15,21H,6,8-9,11H2,1-4H3,(H,22,23)/t14-/m0/s1. The van der Waals surface area contributed by atoms with E-state index >= 15 is 0 Å². The highest BCUT2D eigenvalue weighted by molar-refractivity contribution is 5.68. The Morgan fingerprint density at radius 1 is 1.38 bits per heavy atom. The van der Waals surface area contributed by atoms with Crippen LogP contribution < -0.4 is 10.6 Å². The topological polar surface area (TPSA) is 63.2 Å². The lowest BCUT2D eigenvalue weighted by Crippen LogP contribution is -2.45. The number of carbonyl (C=O) groups excluding carboxylic acids is 1. The number of rotatable bonds is 8. The van der Waals surface area contributed by atoms with Gasteiger partial charge in [-0.25, -0.2) is 13.6 Å². The summed E-state index contributed by atoms with van der Waals surface area (Å²) in [6, 6.07) is 1.26. The number of nitrogens with zero attached hydrogens (tertiary/aromatic N) is 1. The second-order valence-electron chi connectivity index (χ2n) is 6.73. The molecule has 0 radical (unpaired) electrons. The zero-order chi connectivity index (χ0) is 18.2. The molecule has 1 aromatic rings. The molecule has 0 aromatic carbocycles. The van der Waals surface area contributed by atoms with Crippen LogP contribution in [0.3, 0.4) is 0 Å². The van der Waals surface area contributed by atoms with Gasteiger partial charge < -0.3 is 15.4 Å². The summed E-state index contributed by atoms with van der Waals surface area (Å²) < 4.78 is 30.5. The van der Waals surface area contributed by atoms with Gasteiger partial charge >= 0.3 is 6.09 Å². The van der Waals surface area contributed by atoms with E-state index in [0.29, 0.717) is 6.54 Å². The smallest absolute Gasteiger partial charge is 0.407 e. The van der Waals surface area contributed by atoms with Crippen molar-refractivity contribution in [3.8, 4) is 0 Å². The lowest BCUT2D eigenvalue weighted by atomic mass is 10.1. The average Bonchev–Trinajstić information content (AvgIpc) is 2.42. The molecular weight excluding hydrogens is 316 g/mol. The number of aryl methyl sites for hydroxylation is 1. The zero-order valence-electron chi connectivity index (χ0n) is 14.7. The Morgan fingerprint density at radius 2 is 2.08 bits per heavy atom. The fraction of sp³-hybridized carbons (Fsp3) is 0.647. The third-order valence-corrected chi connectivity index (χ3v) is 3.28. The number of amides is 1. The van der Waals surface area contributed by atoms with E-state index in [-0.39, 0.29) is 6.54 Å². The minimum Gasteiger partial charge on any atom is -0.444 e. The molecule has 1 amide bonds. The van der Waals surface area contributed by atoms with Crippen LogP contribution in [-0.4, -0.2) is 42.2 Å². The SMILES string of the molecule is Cc1cnccc1CCNC[C@H](CC(F)F)NC(=O)OC(C)(C)C. The van der Waals surface area contributed by atoms with Crippen molar-refractivity contribution in [3.05, 3.63) is 29.6 Å². The van der Waals surface area contributed by atoms with Gasteiger partial charge in [-0.15, -0.1) is 0 Å². The first kappa shape index (κ1) is 20.3. The molecule has 24 heavy (non-hydrogen) atoms. The van der Waals surface area contributed by atoms with Gasteiger partial charge in [0.25, 0.3) is 0 Å². The van der Waals surface area contributed by atoms with Crippen LogP contribution in [0.15, 0.2) is 18.5 Å². The Balaban J connectivity index is 2.42. The first-order chi connectivity index (χ1) is 11.2. The van der Waals surface area contributed by atoms with E-state index in [1.165, 1.54) is 0 Å². The molecule has 0 unspecified atom stereocenters. The average molecular weight is 343 g/mol. The molecule has 0 saturated heterocycles. The number of halogens is 2. The molecule has 0 spiro atoms. The second kappa shape index (κ2) is 9.52. The fourth-order valence-electron chi connectivity index (χ4n) is 2.16. The molecule has 0 aliphatic heterocycles. The zero-order valence-corrected chi connectivity index (χ0v) is 14.7. The number of nitrogens with one attached hydrogen (secondary N) is 2. The number of pyridine rings is 1. The van der Waals surface area contributed by atoms with Crippen molar-refractivity contribution in [1.29, 1.82) is 0 Å². The van der Waals surface area contributed by atoms with Crippen molar-refractivity contribution >= 4 is 6.09 Å². The van der Waals surface area contributed by atoms with Crippen LogP contribution in [0, 0.1) is 6.92 Å². The Hall–Kier alpha value is -1.76. The van der Waals surface area contributed by atoms with Crippen molar-refractivity contribution in [1.82, 2.24) is 15.6 Å². The summed E-state index contributed by atoms with van der Waals surface area (Å²) in [5.74, 6) is 0. The minimum absolute atomic E-state index is 0.258. The maximum Gasteiger partial charge on any atom is 0.407 e. The third kappa shape index (κ3) is 8.76. The van der Waals surface area contributed by atoms with Crippen molar-refractivity contribution in [2.45, 2.75) is 58.6 Å². The number of alkyl carbamates (subject to hydrolysis) is 1. The lowest BCUT2D eigenvalue weighted by molar-refractivity contribution is 0.0473. The van der Waals surface area contributed by atoms with Gasteiger partial charge in [-0.05, 0) is 57.9 Å². The van der Waals surface area contributed by atoms with Gasteiger partial charge in [0, 0.05) is 25.4 Å². The third-order valence-electron chi connectivity index (χ3n) is 3.28. The highest BCUT2D eigenvalue weighted by Crippen LogP contribution is 2.09. The molecule has 0 aliphatic carbocycles. The van der Waals surface area contributed by atoms with Crippen molar-refractivity contribution in [2.75, 3.05) is 13.1 Å². The molecule has 1 heterocycles. The normalized spacial score (nSPS) is 13.0. The van der Waals surface area contributed by atoms with Crippen LogP contribution in [-0.2, 0) is 11.2 Å². The summed E-state index contributed by atoms with van der Waals surface area (Å²) in [6.45, 7) is 8.04. The highest BCUT2D eigenvalue weighted by atomic mass is 19.3. The highest BCUT2D eigenvalue weighted by Gasteiger charge is 2.21. The first-order valence-corrected chi connectivity index (χ1v) is 8.05. The lowest BCUT2D eigenvalue weighted by Gasteiger charge is -2.24. The summed E-state index contributed by atoms with van der Waals surface area (Å²) in [6.07, 6.45) is 0.697. The molecule has 0 bridgehead atoms. The summed E-state index contributed by atoms with van der Waals surface area (Å²) in [5, 5.41) is 5.61. The van der Waals surface area contributed by atoms with Gasteiger partial charge in [0.1, 0.15) is 5.60 Å². The maximum atomic E-state index is 12.7. The Labute approximate surface area is 142 Å². The molecular formula is C17H27F2N3O2. The van der Waals surface area contributed by atoms with Gasteiger partial charge in [0.15, 0.2) is 0 Å². The molecule has 1 aromatic heterocycles. The van der Waals surface area contributed by atoms with Gasteiger partial charge in [-0.1, -0.05) is 0 Å². The first-order valence-electron chi connectivity index (χ1n) is 8.05. The van der Waals surface area contributed by atoms with Crippen molar-refractivity contribution < 1.29 is 18.3 Å². The summed E-state index contributed by atoms with van der Waals surface area (Å²) >= 11 is 0. The number of hydrogen-bond acceptors (Lipinski definition) is 4. The molecule has 0 fully saturated rings. The predicted octanol–water partition coefficient (Wildman–Crippen LogP) is 3.07. The van der Waals surface area contributed by atoms with Crippen LogP contribution in [0.25, 0.3) is 0 Å². The van der Waals surface area contributed by atoms with E-state index in [1.807, 2.05) is 13.0 Å². The van der Waals surface area contributed by atoms with Crippen LogP contribution in [0.1, 0.15) is 38.3 Å². The van der Waals surface area contributed by atoms with E-state index in [1.54, 1.807) is 33.2 Å². The Kier molecular flexibility index (Phi) is 8.04. The van der Waals surface area contributed by atoms with Gasteiger partial charge in [0.2, 0.25) is 6.43 Å². The molecule has 2 N–H and O–H groups in total. The number of ether oxygens (including phenoxy) is 1. The van der Waals surface area contributed by atoms with E-state index < -0.39 is 30.6 Å². The number of carbonyl (C=O) groups is 1. The number of aromatic nitrogens is 1. The number of alkyl halides is 2. The largest absolute Gasteiger partial charge is 0.444 e.